The lowest BCUT2D eigenvalue weighted by molar-refractivity contribution is -0.134. The Balaban J connectivity index is 1.79. The van der Waals surface area contributed by atoms with Crippen LogP contribution in [-0.2, 0) is 4.79 Å². The second-order valence-electron chi connectivity index (χ2n) is 9.46. The van der Waals surface area contributed by atoms with Crippen molar-refractivity contribution in [1.82, 2.24) is 4.90 Å². The fourth-order valence-electron chi connectivity index (χ4n) is 5.49. The van der Waals surface area contributed by atoms with Crippen LogP contribution < -0.4 is 0 Å². The second-order valence-corrected chi connectivity index (χ2v) is 10.5. The number of hydrogen-bond acceptors (Lipinski definition) is 1. The largest absolute Gasteiger partial charge is 0.339 e. The average molecular weight is 344 g/mol. The highest BCUT2D eigenvalue weighted by Crippen LogP contribution is 2.62. The van der Waals surface area contributed by atoms with E-state index >= 15 is 0 Å². The van der Waals surface area contributed by atoms with E-state index < -0.39 is 0 Å². The van der Waals surface area contributed by atoms with Gasteiger partial charge < -0.3 is 4.90 Å². The molecule has 2 saturated carbocycles. The molecule has 3 rings (SSSR count). The van der Waals surface area contributed by atoms with Gasteiger partial charge in [0.1, 0.15) is 4.49 Å². The average Bonchev–Trinajstić information content (AvgIpc) is 2.70. The first-order chi connectivity index (χ1) is 9.95. The number of carbonyl (C=O) groups excluding carboxylic acids is 1. The highest BCUT2D eigenvalue weighted by molar-refractivity contribution is 6.55. The monoisotopic (exact) mass is 343 g/mol. The zero-order valence-electron chi connectivity index (χ0n) is 14.2. The van der Waals surface area contributed by atoms with Crippen LogP contribution in [0.4, 0.5) is 0 Å². The first kappa shape index (κ1) is 16.6. The van der Waals surface area contributed by atoms with Gasteiger partial charge in [-0.15, -0.1) is 0 Å². The fraction of sp³-hybridized carbons (Fsp3) is 0.833. The number of likely N-dealkylation sites (tertiary alicyclic amines) is 1. The van der Waals surface area contributed by atoms with E-state index in [1.807, 2.05) is 6.08 Å². The van der Waals surface area contributed by atoms with Gasteiger partial charge in [-0.05, 0) is 47.5 Å². The van der Waals surface area contributed by atoms with Crippen molar-refractivity contribution in [2.24, 2.45) is 28.1 Å². The molecule has 0 aromatic carbocycles. The summed E-state index contributed by atoms with van der Waals surface area (Å²) >= 11 is 11.6. The predicted octanol–water partition coefficient (Wildman–Crippen LogP) is 5.00. The molecular formula is C18H27Cl2NO. The molecule has 1 heterocycles. The summed E-state index contributed by atoms with van der Waals surface area (Å²) in [5.41, 5.74) is 0.598. The lowest BCUT2D eigenvalue weighted by Crippen LogP contribution is -2.39. The Morgan fingerprint density at radius 1 is 1.14 bits per heavy atom. The molecule has 4 heteroatoms. The summed E-state index contributed by atoms with van der Waals surface area (Å²) in [6, 6.07) is 0.411. The third-order valence-corrected chi connectivity index (χ3v) is 6.43. The zero-order valence-corrected chi connectivity index (χ0v) is 15.8. The maximum atomic E-state index is 13.1. The van der Waals surface area contributed by atoms with Gasteiger partial charge in [-0.2, -0.15) is 0 Å². The summed E-state index contributed by atoms with van der Waals surface area (Å²) in [4.78, 5) is 15.3. The van der Waals surface area contributed by atoms with Crippen LogP contribution in [0.2, 0.25) is 0 Å². The van der Waals surface area contributed by atoms with Crippen molar-refractivity contribution in [3.05, 3.63) is 10.6 Å². The number of halogens is 2. The van der Waals surface area contributed by atoms with Gasteiger partial charge >= 0.3 is 0 Å². The molecule has 0 radical (unpaired) electrons. The van der Waals surface area contributed by atoms with Gasteiger partial charge in [0.05, 0.1) is 5.92 Å². The van der Waals surface area contributed by atoms with Gasteiger partial charge in [-0.3, -0.25) is 4.79 Å². The molecule has 3 fully saturated rings. The topological polar surface area (TPSA) is 20.3 Å². The molecule has 3 aliphatic rings. The van der Waals surface area contributed by atoms with Crippen LogP contribution in [0.3, 0.4) is 0 Å². The van der Waals surface area contributed by atoms with Crippen LogP contribution in [0, 0.1) is 28.1 Å². The summed E-state index contributed by atoms with van der Waals surface area (Å²) < 4.78 is 0.279. The molecule has 22 heavy (non-hydrogen) atoms. The smallest absolute Gasteiger partial charge is 0.227 e. The van der Waals surface area contributed by atoms with Crippen molar-refractivity contribution in [2.45, 2.75) is 59.9 Å². The number of carbonyl (C=O) groups is 1. The molecule has 1 saturated heterocycles. The summed E-state index contributed by atoms with van der Waals surface area (Å²) in [7, 11) is 0. The number of hydrogen-bond donors (Lipinski definition) is 0. The third kappa shape index (κ3) is 2.71. The van der Waals surface area contributed by atoms with Crippen molar-refractivity contribution < 1.29 is 4.79 Å². The van der Waals surface area contributed by atoms with E-state index in [0.29, 0.717) is 17.4 Å². The Bertz CT molecular complexity index is 535. The van der Waals surface area contributed by atoms with Gasteiger partial charge in [0.15, 0.2) is 0 Å². The maximum absolute atomic E-state index is 13.1. The highest BCUT2D eigenvalue weighted by Gasteiger charge is 2.63. The number of rotatable bonds is 2. The van der Waals surface area contributed by atoms with Crippen molar-refractivity contribution in [1.29, 1.82) is 0 Å². The number of amides is 1. The van der Waals surface area contributed by atoms with Gasteiger partial charge in [-0.25, -0.2) is 0 Å². The van der Waals surface area contributed by atoms with Gasteiger partial charge in [0.2, 0.25) is 5.91 Å². The van der Waals surface area contributed by atoms with Crippen molar-refractivity contribution in [2.75, 3.05) is 6.54 Å². The van der Waals surface area contributed by atoms with E-state index in [1.165, 1.54) is 6.42 Å². The van der Waals surface area contributed by atoms with Crippen LogP contribution in [0.25, 0.3) is 0 Å². The molecule has 0 aromatic rings. The maximum Gasteiger partial charge on any atom is 0.227 e. The van der Waals surface area contributed by atoms with Crippen LogP contribution in [0.1, 0.15) is 53.9 Å². The number of allylic oxidation sites excluding steroid dienone is 1. The van der Waals surface area contributed by atoms with Gasteiger partial charge in [0, 0.05) is 12.6 Å². The Morgan fingerprint density at radius 3 is 2.36 bits per heavy atom. The zero-order chi connectivity index (χ0) is 16.5. The minimum absolute atomic E-state index is 0.0285. The summed E-state index contributed by atoms with van der Waals surface area (Å²) in [6.45, 7) is 12.2. The summed E-state index contributed by atoms with van der Waals surface area (Å²) in [5, 5.41) is 0. The number of fused-ring (bicyclic) bond motifs is 2. The predicted molar refractivity (Wildman–Crippen MR) is 91.8 cm³/mol. The summed E-state index contributed by atoms with van der Waals surface area (Å²) in [6.07, 6.45) is 5.34. The van der Waals surface area contributed by atoms with Crippen LogP contribution in [0.15, 0.2) is 10.6 Å². The van der Waals surface area contributed by atoms with Crippen LogP contribution in [-0.4, -0.2) is 23.4 Å². The molecule has 0 spiro atoms. The molecule has 0 N–H and O–H groups in total. The Morgan fingerprint density at radius 2 is 1.77 bits per heavy atom. The molecule has 124 valence electrons. The molecular weight excluding hydrogens is 317 g/mol. The molecule has 1 amide bonds. The molecule has 2 aliphatic carbocycles. The van der Waals surface area contributed by atoms with E-state index in [2.05, 4.69) is 39.5 Å². The Kier molecular flexibility index (Phi) is 3.70. The highest BCUT2D eigenvalue weighted by atomic mass is 35.5. The number of nitrogens with zero attached hydrogens (tertiary/aromatic N) is 1. The van der Waals surface area contributed by atoms with E-state index in [-0.39, 0.29) is 27.2 Å². The van der Waals surface area contributed by atoms with E-state index in [1.54, 1.807) is 0 Å². The molecule has 0 unspecified atom stereocenters. The standard InChI is InChI=1S/C18H27Cl2NO/c1-16(2)7-11-8-18(5,9-16)10-21(11)15(22)14-12(6-13(19)20)17(14,3)4/h6,11-12,14H,7-10H2,1-5H3/t11-,12-,14+,18+/m1/s1. The van der Waals surface area contributed by atoms with Crippen molar-refractivity contribution in [3.63, 3.8) is 0 Å². The van der Waals surface area contributed by atoms with Crippen molar-refractivity contribution >= 4 is 29.1 Å². The molecule has 1 aliphatic heterocycles. The Hall–Kier alpha value is -0.210. The van der Waals surface area contributed by atoms with E-state index in [9.17, 15) is 4.79 Å². The third-order valence-electron chi connectivity index (χ3n) is 6.18. The second kappa shape index (κ2) is 4.89. The fourth-order valence-corrected chi connectivity index (χ4v) is 5.76. The van der Waals surface area contributed by atoms with Crippen molar-refractivity contribution in [3.8, 4) is 0 Å². The normalized spacial score (nSPS) is 41.2. The van der Waals surface area contributed by atoms with E-state index in [0.717, 1.165) is 19.4 Å². The quantitative estimate of drug-likeness (QED) is 0.690. The lowest BCUT2D eigenvalue weighted by atomic mass is 9.65. The molecule has 2 bridgehead atoms. The summed E-state index contributed by atoms with van der Waals surface area (Å²) in [5.74, 6) is 0.518. The minimum atomic E-state index is -0.0285. The van der Waals surface area contributed by atoms with Gasteiger partial charge in [0.25, 0.3) is 0 Å². The first-order valence-corrected chi connectivity index (χ1v) is 9.04. The van der Waals surface area contributed by atoms with Crippen LogP contribution >= 0.6 is 23.2 Å². The lowest BCUT2D eigenvalue weighted by Gasteiger charge is -2.39. The first-order valence-electron chi connectivity index (χ1n) is 8.29. The van der Waals surface area contributed by atoms with Gasteiger partial charge in [-0.1, -0.05) is 57.8 Å². The SMILES string of the molecule is CC1(C)C[C@@H]2C[C@](C)(CN2C(=O)[C@@H]2[C@@H](C=C(Cl)Cl)C2(C)C)C1. The van der Waals surface area contributed by atoms with Crippen LogP contribution in [0.5, 0.6) is 0 Å². The van der Waals surface area contributed by atoms with E-state index in [4.69, 9.17) is 23.2 Å². The molecule has 4 atom stereocenters. The Labute approximate surface area is 144 Å². The minimum Gasteiger partial charge on any atom is -0.339 e. The molecule has 2 nitrogen and oxygen atoms in total. The molecule has 0 aromatic heterocycles.